The largest absolute Gasteiger partial charge is 1.00 e. The summed E-state index contributed by atoms with van der Waals surface area (Å²) in [5.74, 6) is 3.49. The molecule has 4 heteroatoms. The van der Waals surface area contributed by atoms with Gasteiger partial charge in [0.2, 0.25) is 0 Å². The Balaban J connectivity index is 0.00000112. The smallest absolute Gasteiger partial charge is 0.136 e. The number of rotatable bonds is 2. The van der Waals surface area contributed by atoms with Gasteiger partial charge in [-0.3, -0.25) is 0 Å². The van der Waals surface area contributed by atoms with E-state index in [2.05, 4.69) is 15.9 Å². The lowest BCUT2D eigenvalue weighted by Crippen LogP contribution is -3.00. The molecule has 0 aromatic heterocycles. The van der Waals surface area contributed by atoms with Crippen LogP contribution in [0.2, 0.25) is 0 Å². The molecule has 0 saturated carbocycles. The fourth-order valence-electron chi connectivity index (χ4n) is 1.72. The highest BCUT2D eigenvalue weighted by Gasteiger charge is 2.25. The van der Waals surface area contributed by atoms with Crippen molar-refractivity contribution in [2.75, 3.05) is 11.5 Å². The van der Waals surface area contributed by atoms with Gasteiger partial charge in [0.25, 0.3) is 0 Å². The van der Waals surface area contributed by atoms with E-state index < -0.39 is 0 Å². The van der Waals surface area contributed by atoms with Crippen LogP contribution in [0.3, 0.4) is 0 Å². The molecule has 0 aliphatic carbocycles. The summed E-state index contributed by atoms with van der Waals surface area (Å²) < 4.78 is 14.3. The van der Waals surface area contributed by atoms with Crippen molar-refractivity contribution in [3.63, 3.8) is 0 Å². The van der Waals surface area contributed by atoms with Crippen molar-refractivity contribution >= 4 is 26.8 Å². The van der Waals surface area contributed by atoms with E-state index in [-0.39, 0.29) is 22.8 Å². The zero-order chi connectivity index (χ0) is 9.97. The Labute approximate surface area is 112 Å². The molecule has 0 spiro atoms. The summed E-state index contributed by atoms with van der Waals surface area (Å²) in [6.45, 7) is 0. The van der Waals surface area contributed by atoms with Crippen molar-refractivity contribution in [1.29, 1.82) is 0 Å². The summed E-state index contributed by atoms with van der Waals surface area (Å²) in [6.07, 6.45) is 2.67. The maximum Gasteiger partial charge on any atom is 0.136 e. The second-order valence-corrected chi connectivity index (χ2v) is 6.85. The minimum atomic E-state index is -0.0567. The van der Waals surface area contributed by atoms with Gasteiger partial charge >= 0.3 is 0 Å². The van der Waals surface area contributed by atoms with Gasteiger partial charge in [-0.25, -0.2) is 4.39 Å². The molecular weight excluding hydrogens is 343 g/mol. The van der Waals surface area contributed by atoms with Gasteiger partial charge in [-0.15, -0.1) is 0 Å². The van der Waals surface area contributed by atoms with Crippen molar-refractivity contribution in [2.45, 2.75) is 18.6 Å². The monoisotopic (exact) mass is 354 g/mol. The molecule has 2 rings (SSSR count). The third-order valence-electron chi connectivity index (χ3n) is 2.49. The molecule has 0 unspecified atom stereocenters. The van der Waals surface area contributed by atoms with E-state index in [9.17, 15) is 4.39 Å². The predicted octanol–water partition coefficient (Wildman–Crippen LogP) is 0.504. The maximum atomic E-state index is 13.5. The number of benzene rings is 1. The first-order chi connectivity index (χ1) is 6.75. The van der Waals surface area contributed by atoms with Crippen LogP contribution in [0.15, 0.2) is 22.7 Å². The summed E-state index contributed by atoms with van der Waals surface area (Å²) >= 11 is 3.27. The summed E-state index contributed by atoms with van der Waals surface area (Å²) in [4.78, 5) is 0. The standard InChI is InChI=1S/C11H13BrFS.BrH/c12-10-4-3-9(11(13)7-10)8-14-5-1-2-6-14;/h3-4,7H,1-2,5-6,8H2;1H/q+1;/p-1. The van der Waals surface area contributed by atoms with Crippen LogP contribution >= 0.6 is 15.9 Å². The van der Waals surface area contributed by atoms with Gasteiger partial charge in [-0.05, 0) is 35.9 Å². The lowest BCUT2D eigenvalue weighted by Gasteiger charge is -2.03. The molecule has 0 radical (unpaired) electrons. The zero-order valence-corrected chi connectivity index (χ0v) is 12.3. The van der Waals surface area contributed by atoms with Crippen molar-refractivity contribution in [3.8, 4) is 0 Å². The molecule has 0 atom stereocenters. The van der Waals surface area contributed by atoms with Crippen LogP contribution in [-0.4, -0.2) is 11.5 Å². The fraction of sp³-hybridized carbons (Fsp3) is 0.455. The number of hydrogen-bond acceptors (Lipinski definition) is 0. The lowest BCUT2D eigenvalue weighted by molar-refractivity contribution is -0.00000333. The molecular formula is C11H13Br2FS. The van der Waals surface area contributed by atoms with Gasteiger partial charge in [-0.2, -0.15) is 0 Å². The normalized spacial score (nSPS) is 16.4. The van der Waals surface area contributed by atoms with Crippen LogP contribution < -0.4 is 17.0 Å². The molecule has 1 aliphatic rings. The van der Waals surface area contributed by atoms with Crippen LogP contribution in [0.4, 0.5) is 4.39 Å². The fourth-order valence-corrected chi connectivity index (χ4v) is 4.44. The quantitative estimate of drug-likeness (QED) is 0.678. The Bertz CT molecular complexity index is 324. The second kappa shape index (κ2) is 6.26. The van der Waals surface area contributed by atoms with Gasteiger partial charge in [-0.1, -0.05) is 22.0 Å². The van der Waals surface area contributed by atoms with Gasteiger partial charge < -0.3 is 17.0 Å². The van der Waals surface area contributed by atoms with Gasteiger partial charge in [0.15, 0.2) is 0 Å². The molecule has 1 saturated heterocycles. The first-order valence-corrected chi connectivity index (χ1v) is 7.36. The Morgan fingerprint density at radius 1 is 1.27 bits per heavy atom. The third-order valence-corrected chi connectivity index (χ3v) is 5.44. The Morgan fingerprint density at radius 2 is 1.93 bits per heavy atom. The van der Waals surface area contributed by atoms with E-state index in [0.717, 1.165) is 15.8 Å². The highest BCUT2D eigenvalue weighted by molar-refractivity contribution is 9.10. The lowest BCUT2D eigenvalue weighted by atomic mass is 10.2. The Morgan fingerprint density at radius 3 is 2.53 bits per heavy atom. The minimum Gasteiger partial charge on any atom is -1.00 e. The van der Waals surface area contributed by atoms with Crippen LogP contribution in [0.5, 0.6) is 0 Å². The van der Waals surface area contributed by atoms with E-state index in [4.69, 9.17) is 0 Å². The first kappa shape index (κ1) is 13.5. The van der Waals surface area contributed by atoms with Crippen molar-refractivity contribution in [2.24, 2.45) is 0 Å². The van der Waals surface area contributed by atoms with Gasteiger partial charge in [0.05, 0.1) is 0 Å². The summed E-state index contributed by atoms with van der Waals surface area (Å²) in [6, 6.07) is 5.40. The summed E-state index contributed by atoms with van der Waals surface area (Å²) in [5, 5.41) is 0. The molecule has 1 heterocycles. The van der Waals surface area contributed by atoms with Gasteiger partial charge in [0.1, 0.15) is 23.1 Å². The van der Waals surface area contributed by atoms with E-state index in [1.54, 1.807) is 6.07 Å². The molecule has 1 aromatic carbocycles. The number of halogens is 3. The topological polar surface area (TPSA) is 0 Å². The Kier molecular flexibility index (Phi) is 5.64. The Hall–Kier alpha value is 0.460. The van der Waals surface area contributed by atoms with Crippen LogP contribution in [0, 0.1) is 5.82 Å². The van der Waals surface area contributed by atoms with E-state index in [0.29, 0.717) is 10.9 Å². The molecule has 1 aliphatic heterocycles. The highest BCUT2D eigenvalue weighted by atomic mass is 79.9. The van der Waals surface area contributed by atoms with E-state index in [1.165, 1.54) is 24.3 Å². The van der Waals surface area contributed by atoms with Crippen molar-refractivity contribution < 1.29 is 21.4 Å². The van der Waals surface area contributed by atoms with E-state index in [1.807, 2.05) is 12.1 Å². The molecule has 0 N–H and O–H groups in total. The molecule has 0 amide bonds. The molecule has 1 fully saturated rings. The highest BCUT2D eigenvalue weighted by Crippen LogP contribution is 2.22. The van der Waals surface area contributed by atoms with Crippen LogP contribution in [0.25, 0.3) is 0 Å². The zero-order valence-electron chi connectivity index (χ0n) is 8.31. The summed E-state index contributed by atoms with van der Waals surface area (Å²) in [5.41, 5.74) is 0.887. The maximum absolute atomic E-state index is 13.5. The average molecular weight is 356 g/mol. The van der Waals surface area contributed by atoms with Gasteiger partial charge in [0, 0.05) is 10.0 Å². The van der Waals surface area contributed by atoms with Crippen molar-refractivity contribution in [3.05, 3.63) is 34.1 Å². The van der Waals surface area contributed by atoms with Crippen LogP contribution in [-0.2, 0) is 16.6 Å². The molecule has 0 bridgehead atoms. The molecule has 1 aromatic rings. The second-order valence-electron chi connectivity index (χ2n) is 3.61. The number of hydrogen-bond donors (Lipinski definition) is 0. The van der Waals surface area contributed by atoms with Crippen molar-refractivity contribution in [1.82, 2.24) is 0 Å². The molecule has 84 valence electrons. The third kappa shape index (κ3) is 3.75. The molecule has 15 heavy (non-hydrogen) atoms. The van der Waals surface area contributed by atoms with E-state index >= 15 is 0 Å². The predicted molar refractivity (Wildman–Crippen MR) is 64.1 cm³/mol. The SMILES string of the molecule is Fc1cc(Br)ccc1C[S+]1CCCC1.[Br-]. The summed E-state index contributed by atoms with van der Waals surface area (Å²) in [7, 11) is 0.450. The average Bonchev–Trinajstić information content (AvgIpc) is 2.62. The molecule has 0 nitrogen and oxygen atoms in total. The first-order valence-electron chi connectivity index (χ1n) is 4.84. The van der Waals surface area contributed by atoms with Crippen LogP contribution in [0.1, 0.15) is 18.4 Å². The minimum absolute atomic E-state index is 0.